The van der Waals surface area contributed by atoms with Crippen molar-refractivity contribution in [3.05, 3.63) is 28.3 Å². The number of nitrogens with zero attached hydrogens (tertiary/aromatic N) is 1. The molecule has 7 nitrogen and oxygen atoms in total. The molecule has 1 rings (SSSR count). The number of nitro benzene ring substituents is 1. The molecule has 0 radical (unpaired) electrons. The molecule has 0 heterocycles. The van der Waals surface area contributed by atoms with Gasteiger partial charge in [0, 0.05) is 24.6 Å². The zero-order chi connectivity index (χ0) is 14.4. The molecule has 1 amide bonds. The second-order valence-corrected chi connectivity index (χ2v) is 4.38. The number of amides is 1. The molecule has 4 N–H and O–H groups in total. The molecule has 1 atom stereocenters. The van der Waals surface area contributed by atoms with Crippen LogP contribution < -0.4 is 11.1 Å². The molecule has 1 aromatic carbocycles. The molecule has 0 aliphatic carbocycles. The Morgan fingerprint density at radius 3 is 2.84 bits per heavy atom. The fourth-order valence-electron chi connectivity index (χ4n) is 1.54. The molecule has 0 aliphatic heterocycles. The van der Waals surface area contributed by atoms with Gasteiger partial charge in [-0.15, -0.1) is 0 Å². The van der Waals surface area contributed by atoms with Crippen molar-refractivity contribution in [2.24, 2.45) is 5.73 Å². The fraction of sp³-hybridized carbons (Fsp3) is 0.417. The van der Waals surface area contributed by atoms with E-state index < -0.39 is 4.92 Å². The second kappa shape index (κ2) is 6.69. The van der Waals surface area contributed by atoms with E-state index >= 15 is 0 Å². The van der Waals surface area contributed by atoms with Gasteiger partial charge in [-0.25, -0.2) is 0 Å². The first kappa shape index (κ1) is 14.9. The Balaban J connectivity index is 2.63. The number of aromatic hydroxyl groups is 1. The number of benzene rings is 1. The van der Waals surface area contributed by atoms with Crippen molar-refractivity contribution >= 4 is 17.3 Å². The topological polar surface area (TPSA) is 118 Å². The van der Waals surface area contributed by atoms with Gasteiger partial charge in [-0.05, 0) is 25.8 Å². The number of rotatable bonds is 6. The van der Waals surface area contributed by atoms with E-state index in [1.54, 1.807) is 0 Å². The van der Waals surface area contributed by atoms with Gasteiger partial charge in [0.05, 0.1) is 10.6 Å². The van der Waals surface area contributed by atoms with Crippen LogP contribution in [0, 0.1) is 10.1 Å². The summed E-state index contributed by atoms with van der Waals surface area (Å²) in [6.45, 7) is 1.85. The molecular weight excluding hydrogens is 250 g/mol. The van der Waals surface area contributed by atoms with Crippen molar-refractivity contribution in [3.8, 4) is 5.75 Å². The summed E-state index contributed by atoms with van der Waals surface area (Å²) in [5, 5.41) is 22.6. The number of hydrogen-bond donors (Lipinski definition) is 3. The molecule has 1 aromatic rings. The van der Waals surface area contributed by atoms with Crippen molar-refractivity contribution in [1.82, 2.24) is 0 Å². The highest BCUT2D eigenvalue weighted by Crippen LogP contribution is 2.27. The third-order valence-corrected chi connectivity index (χ3v) is 2.53. The normalized spacial score (nSPS) is 11.9. The minimum Gasteiger partial charge on any atom is -0.506 e. The van der Waals surface area contributed by atoms with Gasteiger partial charge in [-0.2, -0.15) is 0 Å². The third kappa shape index (κ3) is 4.92. The number of nitro groups is 1. The Labute approximate surface area is 110 Å². The van der Waals surface area contributed by atoms with Gasteiger partial charge in [-0.1, -0.05) is 0 Å². The van der Waals surface area contributed by atoms with Crippen molar-refractivity contribution in [2.45, 2.75) is 32.2 Å². The Morgan fingerprint density at radius 1 is 1.58 bits per heavy atom. The number of non-ortho nitro benzene ring substituents is 1. The van der Waals surface area contributed by atoms with Gasteiger partial charge in [0.25, 0.3) is 5.69 Å². The maximum Gasteiger partial charge on any atom is 0.271 e. The molecule has 0 aromatic heterocycles. The van der Waals surface area contributed by atoms with Crippen LogP contribution in [0.2, 0.25) is 0 Å². The van der Waals surface area contributed by atoms with Crippen LogP contribution in [-0.4, -0.2) is 22.0 Å². The first-order valence-corrected chi connectivity index (χ1v) is 5.93. The summed E-state index contributed by atoms with van der Waals surface area (Å²) in [4.78, 5) is 21.6. The molecule has 104 valence electrons. The van der Waals surface area contributed by atoms with Gasteiger partial charge in [-0.3, -0.25) is 14.9 Å². The lowest BCUT2D eigenvalue weighted by atomic mass is 10.1. The number of anilines is 1. The first-order chi connectivity index (χ1) is 8.90. The zero-order valence-corrected chi connectivity index (χ0v) is 10.6. The maximum atomic E-state index is 11.6. The van der Waals surface area contributed by atoms with Gasteiger partial charge >= 0.3 is 0 Å². The predicted molar refractivity (Wildman–Crippen MR) is 70.9 cm³/mol. The smallest absolute Gasteiger partial charge is 0.271 e. The number of nitrogens with two attached hydrogens (primary N) is 1. The van der Waals surface area contributed by atoms with E-state index in [-0.39, 0.29) is 35.5 Å². The first-order valence-electron chi connectivity index (χ1n) is 5.93. The minimum absolute atomic E-state index is 0.0269. The quantitative estimate of drug-likeness (QED) is 0.412. The highest BCUT2D eigenvalue weighted by molar-refractivity contribution is 5.92. The van der Waals surface area contributed by atoms with E-state index in [1.807, 2.05) is 6.92 Å². The van der Waals surface area contributed by atoms with Gasteiger partial charge in [0.2, 0.25) is 5.91 Å². The zero-order valence-electron chi connectivity index (χ0n) is 10.6. The molecule has 0 saturated heterocycles. The molecule has 0 saturated carbocycles. The highest BCUT2D eigenvalue weighted by atomic mass is 16.6. The summed E-state index contributed by atoms with van der Waals surface area (Å²) in [6, 6.07) is 3.49. The van der Waals surface area contributed by atoms with Crippen molar-refractivity contribution in [1.29, 1.82) is 0 Å². The number of nitrogens with one attached hydrogen (secondary N) is 1. The van der Waals surface area contributed by atoms with Crippen molar-refractivity contribution in [3.63, 3.8) is 0 Å². The van der Waals surface area contributed by atoms with Crippen LogP contribution in [0.5, 0.6) is 5.75 Å². The van der Waals surface area contributed by atoms with E-state index in [1.165, 1.54) is 12.1 Å². The Morgan fingerprint density at radius 2 is 2.26 bits per heavy atom. The molecular formula is C12H17N3O4. The van der Waals surface area contributed by atoms with Crippen molar-refractivity contribution in [2.75, 3.05) is 5.32 Å². The van der Waals surface area contributed by atoms with Gasteiger partial charge in [0.1, 0.15) is 5.75 Å². The monoisotopic (exact) mass is 267 g/mol. The summed E-state index contributed by atoms with van der Waals surface area (Å²) in [6.07, 6.45) is 1.59. The van der Waals surface area contributed by atoms with E-state index in [0.717, 1.165) is 6.07 Å². The molecule has 19 heavy (non-hydrogen) atoms. The lowest BCUT2D eigenvalue weighted by Gasteiger charge is -2.08. The number of hydrogen-bond acceptors (Lipinski definition) is 5. The van der Waals surface area contributed by atoms with Crippen LogP contribution >= 0.6 is 0 Å². The van der Waals surface area contributed by atoms with Crippen LogP contribution in [0.3, 0.4) is 0 Å². The lowest BCUT2D eigenvalue weighted by Crippen LogP contribution is -2.16. The van der Waals surface area contributed by atoms with Gasteiger partial charge in [0.15, 0.2) is 0 Å². The van der Waals surface area contributed by atoms with E-state index in [4.69, 9.17) is 5.73 Å². The fourth-order valence-corrected chi connectivity index (χ4v) is 1.54. The number of phenolic OH excluding ortho intramolecular Hbond substituents is 1. The Kier molecular flexibility index (Phi) is 5.25. The Hall–Kier alpha value is -2.15. The molecule has 0 spiro atoms. The van der Waals surface area contributed by atoms with Gasteiger partial charge < -0.3 is 16.2 Å². The largest absolute Gasteiger partial charge is 0.506 e. The molecule has 0 aliphatic rings. The summed E-state index contributed by atoms with van der Waals surface area (Å²) >= 11 is 0. The predicted octanol–water partition coefficient (Wildman–Crippen LogP) is 1.76. The summed E-state index contributed by atoms with van der Waals surface area (Å²) in [7, 11) is 0. The van der Waals surface area contributed by atoms with E-state index in [0.29, 0.717) is 12.8 Å². The molecule has 0 fully saturated rings. The average molecular weight is 267 g/mol. The van der Waals surface area contributed by atoms with Crippen LogP contribution in [0.25, 0.3) is 0 Å². The maximum absolute atomic E-state index is 11.6. The number of phenols is 1. The lowest BCUT2D eigenvalue weighted by molar-refractivity contribution is -0.384. The molecule has 0 bridgehead atoms. The summed E-state index contributed by atoms with van der Waals surface area (Å²) < 4.78 is 0. The van der Waals surface area contributed by atoms with E-state index in [9.17, 15) is 20.0 Å². The van der Waals surface area contributed by atoms with Crippen LogP contribution in [-0.2, 0) is 4.79 Å². The van der Waals surface area contributed by atoms with E-state index in [2.05, 4.69) is 5.32 Å². The minimum atomic E-state index is -0.592. The van der Waals surface area contributed by atoms with Crippen LogP contribution in [0.4, 0.5) is 11.4 Å². The summed E-state index contributed by atoms with van der Waals surface area (Å²) in [5.74, 6) is -0.511. The third-order valence-electron chi connectivity index (χ3n) is 2.53. The summed E-state index contributed by atoms with van der Waals surface area (Å²) in [5.41, 5.74) is 5.41. The number of carbonyl (C=O) groups excluding carboxylic acids is 1. The highest BCUT2D eigenvalue weighted by Gasteiger charge is 2.12. The number of carbonyl (C=O) groups is 1. The Bertz CT molecular complexity index is 474. The molecule has 1 unspecified atom stereocenters. The average Bonchev–Trinajstić information content (AvgIpc) is 2.31. The second-order valence-electron chi connectivity index (χ2n) is 4.38. The van der Waals surface area contributed by atoms with Crippen LogP contribution in [0.1, 0.15) is 26.2 Å². The van der Waals surface area contributed by atoms with Crippen molar-refractivity contribution < 1.29 is 14.8 Å². The molecule has 7 heteroatoms. The van der Waals surface area contributed by atoms with Crippen LogP contribution in [0.15, 0.2) is 18.2 Å². The SMILES string of the molecule is CC(N)CCCC(=O)Nc1cc([N+](=O)[O-])ccc1O. The standard InChI is InChI=1S/C12H17N3O4/c1-8(13)3-2-4-12(17)14-10-7-9(15(18)19)5-6-11(10)16/h5-8,16H,2-4,13H2,1H3,(H,14,17).